The Balaban J connectivity index is 4.09. The van der Waals surface area contributed by atoms with E-state index in [-0.39, 0.29) is 0 Å². The first kappa shape index (κ1) is 11.5. The van der Waals surface area contributed by atoms with Crippen LogP contribution in [0, 0.1) is 0 Å². The van der Waals surface area contributed by atoms with Crippen LogP contribution in [0.5, 0.6) is 0 Å². The highest BCUT2D eigenvalue weighted by Gasteiger charge is 2.28. The molecule has 0 radical (unpaired) electrons. The summed E-state index contributed by atoms with van der Waals surface area (Å²) in [6.07, 6.45) is -5.21. The van der Waals surface area contributed by atoms with Crippen molar-refractivity contribution in [1.82, 2.24) is 0 Å². The van der Waals surface area contributed by atoms with Crippen LogP contribution in [-0.4, -0.2) is 62.8 Å². The summed E-state index contributed by atoms with van der Waals surface area (Å²) >= 11 is 0. The second-order valence-corrected chi connectivity index (χ2v) is 2.30. The lowest BCUT2D eigenvalue weighted by molar-refractivity contribution is -0.144. The van der Waals surface area contributed by atoms with Gasteiger partial charge in [0.15, 0.2) is 5.78 Å². The quantitative estimate of drug-likeness (QED) is 0.301. The topological polar surface area (TPSA) is 118 Å². The van der Waals surface area contributed by atoms with E-state index in [1.807, 2.05) is 0 Å². The summed E-state index contributed by atoms with van der Waals surface area (Å²) < 4.78 is 0. The van der Waals surface area contributed by atoms with Gasteiger partial charge in [-0.1, -0.05) is 0 Å². The minimum atomic E-state index is -1.86. The molecule has 0 aliphatic heterocycles. The van der Waals surface area contributed by atoms with Crippen molar-refractivity contribution in [3.8, 4) is 0 Å². The Hall–Kier alpha value is -0.530. The van der Waals surface area contributed by atoms with Gasteiger partial charge in [-0.2, -0.15) is 0 Å². The van der Waals surface area contributed by atoms with Gasteiger partial charge in [-0.25, -0.2) is 0 Å². The van der Waals surface area contributed by atoms with E-state index in [0.717, 1.165) is 0 Å². The molecule has 0 amide bonds. The first-order valence-corrected chi connectivity index (χ1v) is 3.34. The number of aliphatic hydroxyl groups is 5. The maximum absolute atomic E-state index is 10.7. The molecule has 0 heterocycles. The Labute approximate surface area is 68.7 Å². The zero-order valence-corrected chi connectivity index (χ0v) is 6.29. The molecule has 0 fully saturated rings. The van der Waals surface area contributed by atoms with Crippen molar-refractivity contribution >= 4 is 5.78 Å². The predicted octanol–water partition coefficient (Wildman–Crippen LogP) is -3.38. The van der Waals surface area contributed by atoms with E-state index in [0.29, 0.717) is 0 Å². The summed E-state index contributed by atoms with van der Waals surface area (Å²) in [6.45, 7) is -1.61. The highest BCUT2D eigenvalue weighted by Crippen LogP contribution is 1.98. The van der Waals surface area contributed by atoms with Crippen molar-refractivity contribution in [3.63, 3.8) is 0 Å². The molecule has 12 heavy (non-hydrogen) atoms. The van der Waals surface area contributed by atoms with Gasteiger partial charge in [0, 0.05) is 0 Å². The molecular weight excluding hydrogens is 168 g/mol. The van der Waals surface area contributed by atoms with Crippen molar-refractivity contribution in [1.29, 1.82) is 0 Å². The molecule has 0 aromatic heterocycles. The molecule has 6 heteroatoms. The van der Waals surface area contributed by atoms with Crippen LogP contribution in [0.25, 0.3) is 0 Å². The smallest absolute Gasteiger partial charge is 0.194 e. The van der Waals surface area contributed by atoms with Gasteiger partial charge in [0.2, 0.25) is 0 Å². The monoisotopic (exact) mass is 180 g/mol. The number of Topliss-reactive ketones (excluding diaryl/α,β-unsaturated/α-hetero) is 1. The Morgan fingerprint density at radius 2 is 1.58 bits per heavy atom. The molecular formula is C6H12O6. The molecule has 72 valence electrons. The fourth-order valence-corrected chi connectivity index (χ4v) is 0.577. The summed E-state index contributed by atoms with van der Waals surface area (Å²) in [7, 11) is 0. The average Bonchev–Trinajstić information content (AvgIpc) is 2.12. The zero-order chi connectivity index (χ0) is 9.72. The van der Waals surface area contributed by atoms with E-state index in [4.69, 9.17) is 25.5 Å². The Bertz CT molecular complexity index is 147. The molecule has 0 saturated carbocycles. The molecule has 0 aromatic rings. The normalized spacial score (nSPS) is 18.4. The molecule has 0 rings (SSSR count). The molecule has 0 aliphatic rings. The molecule has 0 bridgehead atoms. The lowest BCUT2D eigenvalue weighted by Gasteiger charge is -2.16. The second-order valence-electron chi connectivity index (χ2n) is 2.30. The molecule has 0 aromatic carbocycles. The number of carbonyl (C=O) groups excluding carboxylic acids is 1. The van der Waals surface area contributed by atoms with Gasteiger partial charge in [0.25, 0.3) is 0 Å². The SMILES string of the molecule is O=C([C@H](O)CO)[C@@H](O)C(O)CO. The summed E-state index contributed by atoms with van der Waals surface area (Å²) in [5.74, 6) is -1.11. The van der Waals surface area contributed by atoms with Crippen LogP contribution in [0.4, 0.5) is 0 Å². The van der Waals surface area contributed by atoms with Crippen molar-refractivity contribution in [2.24, 2.45) is 0 Å². The van der Waals surface area contributed by atoms with E-state index in [1.165, 1.54) is 0 Å². The standard InChI is InChI=1S/C6H12O6/c7-1-3(9)5(11)6(12)4(10)2-8/h3-5,7-11H,1-2H2/t3?,4-,5+/m1/s1. The highest BCUT2D eigenvalue weighted by atomic mass is 16.4. The zero-order valence-electron chi connectivity index (χ0n) is 6.29. The van der Waals surface area contributed by atoms with Gasteiger partial charge in [-0.05, 0) is 0 Å². The fourth-order valence-electron chi connectivity index (χ4n) is 0.577. The third-order valence-electron chi connectivity index (χ3n) is 1.34. The number of rotatable bonds is 5. The van der Waals surface area contributed by atoms with Crippen LogP contribution < -0.4 is 0 Å². The maximum Gasteiger partial charge on any atom is 0.194 e. The molecule has 0 saturated heterocycles. The molecule has 1 unspecified atom stereocenters. The third-order valence-corrected chi connectivity index (χ3v) is 1.34. The van der Waals surface area contributed by atoms with Crippen molar-refractivity contribution < 1.29 is 30.3 Å². The third kappa shape index (κ3) is 2.84. The van der Waals surface area contributed by atoms with Gasteiger partial charge in [0.05, 0.1) is 13.2 Å². The number of aliphatic hydroxyl groups excluding tert-OH is 5. The minimum Gasteiger partial charge on any atom is -0.394 e. The van der Waals surface area contributed by atoms with E-state index in [1.54, 1.807) is 0 Å². The molecule has 5 N–H and O–H groups in total. The van der Waals surface area contributed by atoms with Crippen LogP contribution in [0.1, 0.15) is 0 Å². The Morgan fingerprint density at radius 1 is 1.08 bits per heavy atom. The van der Waals surface area contributed by atoms with Crippen LogP contribution in [-0.2, 0) is 4.79 Å². The molecule has 3 atom stereocenters. The number of hydrogen-bond acceptors (Lipinski definition) is 6. The Morgan fingerprint density at radius 3 is 1.92 bits per heavy atom. The summed E-state index contributed by atoms with van der Waals surface area (Å²) in [5, 5.41) is 42.9. The second kappa shape index (κ2) is 5.18. The number of ketones is 1. The molecule has 0 aliphatic carbocycles. The van der Waals surface area contributed by atoms with Gasteiger partial charge in [-0.3, -0.25) is 4.79 Å². The molecule has 6 nitrogen and oxygen atoms in total. The van der Waals surface area contributed by atoms with Gasteiger partial charge in [-0.15, -0.1) is 0 Å². The van der Waals surface area contributed by atoms with Gasteiger partial charge in [0.1, 0.15) is 18.3 Å². The van der Waals surface area contributed by atoms with Crippen LogP contribution >= 0.6 is 0 Å². The maximum atomic E-state index is 10.7. The van der Waals surface area contributed by atoms with Crippen molar-refractivity contribution in [2.45, 2.75) is 18.3 Å². The van der Waals surface area contributed by atoms with E-state index >= 15 is 0 Å². The van der Waals surface area contributed by atoms with E-state index in [9.17, 15) is 4.79 Å². The van der Waals surface area contributed by atoms with E-state index in [2.05, 4.69) is 0 Å². The lowest BCUT2D eigenvalue weighted by atomic mass is 10.1. The summed E-state index contributed by atoms with van der Waals surface area (Å²) in [6, 6.07) is 0. The largest absolute Gasteiger partial charge is 0.394 e. The summed E-state index contributed by atoms with van der Waals surface area (Å²) in [4.78, 5) is 10.7. The van der Waals surface area contributed by atoms with Crippen molar-refractivity contribution in [3.05, 3.63) is 0 Å². The fraction of sp³-hybridized carbons (Fsp3) is 0.833. The lowest BCUT2D eigenvalue weighted by Crippen LogP contribution is -2.43. The average molecular weight is 180 g/mol. The first-order chi connectivity index (χ1) is 5.54. The van der Waals surface area contributed by atoms with Gasteiger partial charge >= 0.3 is 0 Å². The molecule has 0 spiro atoms. The number of hydrogen-bond donors (Lipinski definition) is 5. The number of carbonyl (C=O) groups is 1. The van der Waals surface area contributed by atoms with Crippen LogP contribution in [0.2, 0.25) is 0 Å². The highest BCUT2D eigenvalue weighted by molar-refractivity contribution is 5.87. The van der Waals surface area contributed by atoms with E-state index < -0.39 is 37.3 Å². The first-order valence-electron chi connectivity index (χ1n) is 3.34. The summed E-state index contributed by atoms with van der Waals surface area (Å²) in [5.41, 5.74) is 0. The van der Waals surface area contributed by atoms with Crippen LogP contribution in [0.3, 0.4) is 0 Å². The van der Waals surface area contributed by atoms with Crippen LogP contribution in [0.15, 0.2) is 0 Å². The Kier molecular flexibility index (Phi) is 4.95. The van der Waals surface area contributed by atoms with Gasteiger partial charge < -0.3 is 25.5 Å². The minimum absolute atomic E-state index is 0.787. The van der Waals surface area contributed by atoms with Crippen molar-refractivity contribution in [2.75, 3.05) is 13.2 Å². The predicted molar refractivity (Wildman–Crippen MR) is 37.2 cm³/mol.